The summed E-state index contributed by atoms with van der Waals surface area (Å²) in [6, 6.07) is 11.2. The number of fused-ring (bicyclic) bond motifs is 2. The van der Waals surface area contributed by atoms with Crippen LogP contribution in [0.3, 0.4) is 0 Å². The Balaban J connectivity index is 1.84. The van der Waals surface area contributed by atoms with E-state index in [0.717, 1.165) is 16.7 Å². The molecule has 0 spiro atoms. The fraction of sp³-hybridized carbons (Fsp3) is 0.192. The average molecular weight is 442 g/mol. The van der Waals surface area contributed by atoms with Gasteiger partial charge < -0.3 is 14.3 Å². The number of phenols is 1. The number of aryl methyl sites for hydroxylation is 3. The van der Waals surface area contributed by atoms with Gasteiger partial charge in [0.05, 0.1) is 24.1 Å². The number of anilines is 1. The molecule has 0 saturated heterocycles. The molecule has 5 rings (SSSR count). The van der Waals surface area contributed by atoms with Crippen molar-refractivity contribution >= 4 is 22.7 Å². The average Bonchev–Trinajstić information content (AvgIpc) is 3.08. The first kappa shape index (κ1) is 20.8. The van der Waals surface area contributed by atoms with E-state index in [2.05, 4.69) is 4.98 Å². The van der Waals surface area contributed by atoms with E-state index in [1.807, 2.05) is 26.8 Å². The molecule has 1 amide bonds. The Bertz CT molecular complexity index is 1510. The second kappa shape index (κ2) is 7.48. The van der Waals surface area contributed by atoms with E-state index in [4.69, 9.17) is 9.15 Å². The van der Waals surface area contributed by atoms with Gasteiger partial charge in [-0.2, -0.15) is 0 Å². The van der Waals surface area contributed by atoms with Crippen LogP contribution in [0, 0.1) is 20.8 Å². The molecule has 0 radical (unpaired) electrons. The van der Waals surface area contributed by atoms with Crippen molar-refractivity contribution in [3.63, 3.8) is 0 Å². The van der Waals surface area contributed by atoms with Crippen molar-refractivity contribution < 1.29 is 19.1 Å². The number of aromatic hydroxyl groups is 1. The summed E-state index contributed by atoms with van der Waals surface area (Å²) in [6.07, 6.45) is 1.62. The van der Waals surface area contributed by atoms with E-state index in [0.29, 0.717) is 22.4 Å². The highest BCUT2D eigenvalue weighted by Gasteiger charge is 2.44. The minimum absolute atomic E-state index is 0.00361. The molecular formula is C26H22N2O5. The lowest BCUT2D eigenvalue weighted by Gasteiger charge is -2.24. The zero-order chi connectivity index (χ0) is 23.4. The van der Waals surface area contributed by atoms with Crippen LogP contribution >= 0.6 is 0 Å². The van der Waals surface area contributed by atoms with Crippen molar-refractivity contribution in [2.75, 3.05) is 12.0 Å². The first-order chi connectivity index (χ1) is 15.8. The number of benzene rings is 2. The number of carbonyl (C=O) groups excluding carboxylic acids is 1. The van der Waals surface area contributed by atoms with Gasteiger partial charge in [0.1, 0.15) is 11.4 Å². The highest BCUT2D eigenvalue weighted by molar-refractivity contribution is 6.10. The molecule has 4 aromatic rings. The van der Waals surface area contributed by atoms with Gasteiger partial charge in [0.2, 0.25) is 5.76 Å². The summed E-state index contributed by atoms with van der Waals surface area (Å²) in [7, 11) is 1.44. The monoisotopic (exact) mass is 442 g/mol. The van der Waals surface area contributed by atoms with E-state index in [1.165, 1.54) is 18.1 Å². The number of carbonyl (C=O) groups is 1. The summed E-state index contributed by atoms with van der Waals surface area (Å²) >= 11 is 0. The van der Waals surface area contributed by atoms with Gasteiger partial charge in [0.25, 0.3) is 5.91 Å². The third-order valence-corrected chi connectivity index (χ3v) is 6.15. The summed E-state index contributed by atoms with van der Waals surface area (Å²) in [5.74, 6) is 0.151. The first-order valence-corrected chi connectivity index (χ1v) is 10.5. The van der Waals surface area contributed by atoms with Gasteiger partial charge in [-0.3, -0.25) is 14.5 Å². The molecule has 0 aliphatic carbocycles. The van der Waals surface area contributed by atoms with Crippen LogP contribution in [0.2, 0.25) is 0 Å². The minimum atomic E-state index is -0.793. The molecule has 2 aromatic heterocycles. The van der Waals surface area contributed by atoms with Crippen LogP contribution in [-0.2, 0) is 0 Å². The number of hydrogen-bond acceptors (Lipinski definition) is 6. The maximum atomic E-state index is 13.7. The Hall–Kier alpha value is -4.13. The van der Waals surface area contributed by atoms with E-state index in [9.17, 15) is 14.7 Å². The highest BCUT2D eigenvalue weighted by Crippen LogP contribution is 2.42. The second-order valence-corrected chi connectivity index (χ2v) is 8.31. The molecule has 0 saturated carbocycles. The SMILES string of the molecule is COc1cc([C@@H]2c3c(oc4cc(C)c(C)cc4c3=O)C(=O)N2c2cc(C)ccn2)ccc1O. The fourth-order valence-electron chi connectivity index (χ4n) is 4.30. The largest absolute Gasteiger partial charge is 0.504 e. The molecule has 0 unspecified atom stereocenters. The van der Waals surface area contributed by atoms with Gasteiger partial charge in [-0.1, -0.05) is 6.07 Å². The van der Waals surface area contributed by atoms with Gasteiger partial charge in [-0.05, 0) is 79.4 Å². The number of nitrogens with zero attached hydrogens (tertiary/aromatic N) is 2. The number of methoxy groups -OCH3 is 1. The van der Waals surface area contributed by atoms with E-state index < -0.39 is 11.9 Å². The maximum absolute atomic E-state index is 13.7. The van der Waals surface area contributed by atoms with Gasteiger partial charge >= 0.3 is 0 Å². The van der Waals surface area contributed by atoms with Crippen molar-refractivity contribution in [3.05, 3.63) is 92.5 Å². The van der Waals surface area contributed by atoms with Crippen LogP contribution < -0.4 is 15.1 Å². The van der Waals surface area contributed by atoms with Crippen molar-refractivity contribution in [1.82, 2.24) is 4.98 Å². The Kier molecular flexibility index (Phi) is 4.70. The Morgan fingerprint density at radius 2 is 1.79 bits per heavy atom. The lowest BCUT2D eigenvalue weighted by molar-refractivity contribution is 0.0970. The highest BCUT2D eigenvalue weighted by atomic mass is 16.5. The molecule has 1 aliphatic heterocycles. The van der Waals surface area contributed by atoms with Gasteiger partial charge in [0.15, 0.2) is 16.9 Å². The Morgan fingerprint density at radius 3 is 2.52 bits per heavy atom. The molecule has 1 aliphatic rings. The predicted molar refractivity (Wildman–Crippen MR) is 124 cm³/mol. The maximum Gasteiger partial charge on any atom is 0.296 e. The standard InChI is InChI=1S/C26H22N2O5/c1-13-7-8-27-21(9-13)28-23(16-5-6-18(29)20(12-16)32-4)22-24(30)17-10-14(2)15(3)11-19(17)33-25(22)26(28)31/h5-12,23,29H,1-4H3/t23-/m1/s1. The molecule has 1 N–H and O–H groups in total. The molecule has 33 heavy (non-hydrogen) atoms. The van der Waals surface area contributed by atoms with Crippen molar-refractivity contribution in [3.8, 4) is 11.5 Å². The number of phenolic OH excluding ortho intramolecular Hbond substituents is 1. The Labute approximate surface area is 189 Å². The summed E-state index contributed by atoms with van der Waals surface area (Å²) in [5, 5.41) is 10.5. The summed E-state index contributed by atoms with van der Waals surface area (Å²) < 4.78 is 11.3. The van der Waals surface area contributed by atoms with Crippen molar-refractivity contribution in [2.45, 2.75) is 26.8 Å². The number of amides is 1. The molecule has 7 heteroatoms. The van der Waals surface area contributed by atoms with Crippen LogP contribution in [0.1, 0.15) is 44.4 Å². The molecule has 3 heterocycles. The predicted octanol–water partition coefficient (Wildman–Crippen LogP) is 4.58. The smallest absolute Gasteiger partial charge is 0.296 e. The molecule has 0 bridgehead atoms. The topological polar surface area (TPSA) is 92.9 Å². The van der Waals surface area contributed by atoms with Crippen molar-refractivity contribution in [1.29, 1.82) is 0 Å². The fourth-order valence-corrected chi connectivity index (χ4v) is 4.30. The lowest BCUT2D eigenvalue weighted by atomic mass is 9.97. The molecule has 1 atom stereocenters. The summed E-state index contributed by atoms with van der Waals surface area (Å²) in [4.78, 5) is 33.2. The van der Waals surface area contributed by atoms with Crippen LogP contribution in [0.5, 0.6) is 11.5 Å². The number of rotatable bonds is 3. The van der Waals surface area contributed by atoms with E-state index in [1.54, 1.807) is 36.5 Å². The molecule has 2 aromatic carbocycles. The molecule has 0 fully saturated rings. The van der Waals surface area contributed by atoms with Crippen LogP contribution in [-0.4, -0.2) is 23.1 Å². The van der Waals surface area contributed by atoms with E-state index >= 15 is 0 Å². The molecule has 7 nitrogen and oxygen atoms in total. The van der Waals surface area contributed by atoms with Gasteiger partial charge in [-0.25, -0.2) is 4.98 Å². The molecular weight excluding hydrogens is 420 g/mol. The number of pyridine rings is 1. The Morgan fingerprint density at radius 1 is 1.03 bits per heavy atom. The van der Waals surface area contributed by atoms with Crippen LogP contribution in [0.25, 0.3) is 11.0 Å². The van der Waals surface area contributed by atoms with Crippen LogP contribution in [0.15, 0.2) is 57.9 Å². The number of hydrogen-bond donors (Lipinski definition) is 1. The van der Waals surface area contributed by atoms with E-state index in [-0.39, 0.29) is 28.3 Å². The summed E-state index contributed by atoms with van der Waals surface area (Å²) in [6.45, 7) is 5.76. The third kappa shape index (κ3) is 3.16. The lowest BCUT2D eigenvalue weighted by Crippen LogP contribution is -2.30. The molecule has 166 valence electrons. The second-order valence-electron chi connectivity index (χ2n) is 8.31. The zero-order valence-corrected chi connectivity index (χ0v) is 18.7. The zero-order valence-electron chi connectivity index (χ0n) is 18.7. The summed E-state index contributed by atoms with van der Waals surface area (Å²) in [5.41, 5.74) is 3.78. The normalized spacial score (nSPS) is 15.2. The van der Waals surface area contributed by atoms with Gasteiger partial charge in [0, 0.05) is 6.20 Å². The third-order valence-electron chi connectivity index (χ3n) is 6.15. The van der Waals surface area contributed by atoms with Crippen molar-refractivity contribution in [2.24, 2.45) is 0 Å². The quantitative estimate of drug-likeness (QED) is 0.499. The van der Waals surface area contributed by atoms with Gasteiger partial charge in [-0.15, -0.1) is 0 Å². The number of aromatic nitrogens is 1. The number of ether oxygens (including phenoxy) is 1. The minimum Gasteiger partial charge on any atom is -0.504 e. The van der Waals surface area contributed by atoms with Crippen LogP contribution in [0.4, 0.5) is 5.82 Å². The first-order valence-electron chi connectivity index (χ1n) is 10.5.